The standard InChI is InChI=1S/C20H31N3O3S/c1-25-18-9-7-17(8-10-18)16-22-12-14-23(15-13-22)20(27)21-11-5-3-4-6-19(24)26-2/h7-10H,3-6,11-16H2,1-2H3,(H,21,27)/p+1. The van der Waals surface area contributed by atoms with Gasteiger partial charge < -0.3 is 24.6 Å². The Labute approximate surface area is 167 Å². The first-order chi connectivity index (χ1) is 13.1. The molecule has 0 amide bonds. The van der Waals surface area contributed by atoms with Gasteiger partial charge in [-0.15, -0.1) is 0 Å². The Morgan fingerprint density at radius 1 is 1.15 bits per heavy atom. The highest BCUT2D eigenvalue weighted by Crippen LogP contribution is 2.10. The van der Waals surface area contributed by atoms with Gasteiger partial charge in [-0.1, -0.05) is 6.42 Å². The van der Waals surface area contributed by atoms with Crippen molar-refractivity contribution in [2.75, 3.05) is 46.9 Å². The molecule has 1 aliphatic rings. The summed E-state index contributed by atoms with van der Waals surface area (Å²) in [6.07, 6.45) is 3.39. The van der Waals surface area contributed by atoms with Crippen molar-refractivity contribution >= 4 is 23.3 Å². The van der Waals surface area contributed by atoms with Crippen LogP contribution in [0.5, 0.6) is 5.75 Å². The Balaban J connectivity index is 1.58. The van der Waals surface area contributed by atoms with Gasteiger partial charge in [0, 0.05) is 18.5 Å². The maximum Gasteiger partial charge on any atom is 0.305 e. The zero-order valence-electron chi connectivity index (χ0n) is 16.5. The van der Waals surface area contributed by atoms with E-state index in [1.165, 1.54) is 12.7 Å². The van der Waals surface area contributed by atoms with Gasteiger partial charge in [-0.05, 0) is 49.3 Å². The predicted molar refractivity (Wildman–Crippen MR) is 110 cm³/mol. The summed E-state index contributed by atoms with van der Waals surface area (Å²) in [6, 6.07) is 8.33. The number of carbonyl (C=O) groups is 1. The molecule has 1 aromatic carbocycles. The number of quaternary nitrogens is 1. The van der Waals surface area contributed by atoms with E-state index in [4.69, 9.17) is 17.0 Å². The second-order valence-electron chi connectivity index (χ2n) is 6.88. The molecular formula is C20H32N3O3S+. The Bertz CT molecular complexity index is 587. The van der Waals surface area contributed by atoms with E-state index in [0.717, 1.165) is 69.4 Å². The molecule has 0 spiro atoms. The first-order valence-electron chi connectivity index (χ1n) is 9.68. The van der Waals surface area contributed by atoms with Crippen LogP contribution in [-0.4, -0.2) is 62.9 Å². The third-order valence-corrected chi connectivity index (χ3v) is 5.34. The fourth-order valence-electron chi connectivity index (χ4n) is 3.22. The van der Waals surface area contributed by atoms with Crippen LogP contribution in [-0.2, 0) is 16.1 Å². The maximum atomic E-state index is 11.1. The van der Waals surface area contributed by atoms with E-state index in [1.807, 2.05) is 12.1 Å². The van der Waals surface area contributed by atoms with E-state index in [0.29, 0.717) is 6.42 Å². The predicted octanol–water partition coefficient (Wildman–Crippen LogP) is 1.00. The van der Waals surface area contributed by atoms with Crippen LogP contribution in [0, 0.1) is 0 Å². The van der Waals surface area contributed by atoms with Crippen molar-refractivity contribution in [2.45, 2.75) is 32.2 Å². The fourth-order valence-corrected chi connectivity index (χ4v) is 3.50. The van der Waals surface area contributed by atoms with Crippen LogP contribution < -0.4 is 15.0 Å². The summed E-state index contributed by atoms with van der Waals surface area (Å²) in [5.41, 5.74) is 1.34. The number of ether oxygens (including phenoxy) is 2. The molecule has 0 bridgehead atoms. The van der Waals surface area contributed by atoms with E-state index in [2.05, 4.69) is 27.1 Å². The third kappa shape index (κ3) is 7.72. The lowest BCUT2D eigenvalue weighted by molar-refractivity contribution is -0.917. The first kappa shape index (κ1) is 21.4. The number of hydrogen-bond acceptors (Lipinski definition) is 4. The summed E-state index contributed by atoms with van der Waals surface area (Å²) in [7, 11) is 3.12. The number of benzene rings is 1. The lowest BCUT2D eigenvalue weighted by atomic mass is 10.2. The second kappa shape index (κ2) is 11.8. The number of nitrogens with one attached hydrogen (secondary N) is 2. The van der Waals surface area contributed by atoms with Crippen LogP contribution in [0.4, 0.5) is 0 Å². The largest absolute Gasteiger partial charge is 0.497 e. The SMILES string of the molecule is COC(=O)CCCCCNC(=S)N1CC[NH+](Cc2ccc(OC)cc2)CC1. The lowest BCUT2D eigenvalue weighted by Gasteiger charge is -2.34. The van der Waals surface area contributed by atoms with Crippen LogP contribution in [0.1, 0.15) is 31.2 Å². The molecule has 0 radical (unpaired) electrons. The van der Waals surface area contributed by atoms with Gasteiger partial charge in [-0.3, -0.25) is 4.79 Å². The Hall–Kier alpha value is -1.86. The van der Waals surface area contributed by atoms with E-state index >= 15 is 0 Å². The average molecular weight is 395 g/mol. The molecule has 0 aromatic heterocycles. The minimum absolute atomic E-state index is 0.131. The van der Waals surface area contributed by atoms with Gasteiger partial charge in [0.15, 0.2) is 5.11 Å². The molecule has 2 N–H and O–H groups in total. The fraction of sp³-hybridized carbons (Fsp3) is 0.600. The molecule has 150 valence electrons. The summed E-state index contributed by atoms with van der Waals surface area (Å²) in [5.74, 6) is 0.772. The number of esters is 1. The van der Waals surface area contributed by atoms with Crippen molar-refractivity contribution in [3.05, 3.63) is 29.8 Å². The zero-order chi connectivity index (χ0) is 19.5. The van der Waals surface area contributed by atoms with Crippen molar-refractivity contribution in [1.82, 2.24) is 10.2 Å². The highest BCUT2D eigenvalue weighted by Gasteiger charge is 2.21. The number of hydrogen-bond donors (Lipinski definition) is 2. The Morgan fingerprint density at radius 3 is 2.48 bits per heavy atom. The number of rotatable bonds is 9. The Kier molecular flexibility index (Phi) is 9.35. The van der Waals surface area contributed by atoms with Crippen molar-refractivity contribution in [1.29, 1.82) is 0 Å². The van der Waals surface area contributed by atoms with Crippen LogP contribution in [0.2, 0.25) is 0 Å². The molecule has 1 aliphatic heterocycles. The van der Waals surface area contributed by atoms with Gasteiger partial charge >= 0.3 is 5.97 Å². The van der Waals surface area contributed by atoms with Crippen LogP contribution >= 0.6 is 12.2 Å². The van der Waals surface area contributed by atoms with Crippen LogP contribution in [0.25, 0.3) is 0 Å². The summed E-state index contributed by atoms with van der Waals surface area (Å²) < 4.78 is 9.85. The lowest BCUT2D eigenvalue weighted by Crippen LogP contribution is -3.13. The molecule has 1 heterocycles. The van der Waals surface area contributed by atoms with Crippen LogP contribution in [0.3, 0.4) is 0 Å². The van der Waals surface area contributed by atoms with Crippen LogP contribution in [0.15, 0.2) is 24.3 Å². The van der Waals surface area contributed by atoms with Crippen molar-refractivity contribution < 1.29 is 19.2 Å². The summed E-state index contributed by atoms with van der Waals surface area (Å²) in [4.78, 5) is 14.9. The second-order valence-corrected chi connectivity index (χ2v) is 7.27. The minimum Gasteiger partial charge on any atom is -0.497 e. The number of thiocarbonyl (C=S) groups is 1. The third-order valence-electron chi connectivity index (χ3n) is 4.93. The van der Waals surface area contributed by atoms with E-state index in [-0.39, 0.29) is 5.97 Å². The number of methoxy groups -OCH3 is 2. The summed E-state index contributed by atoms with van der Waals surface area (Å²) in [6.45, 7) is 6.05. The van der Waals surface area contributed by atoms with Gasteiger partial charge in [0.1, 0.15) is 12.3 Å². The molecule has 0 saturated carbocycles. The van der Waals surface area contributed by atoms with E-state index < -0.39 is 0 Å². The number of piperazine rings is 1. The number of carbonyl (C=O) groups excluding carboxylic acids is 1. The normalized spacial score (nSPS) is 14.7. The molecule has 27 heavy (non-hydrogen) atoms. The number of nitrogens with zero attached hydrogens (tertiary/aromatic N) is 1. The van der Waals surface area contributed by atoms with Gasteiger partial charge in [0.25, 0.3) is 0 Å². The average Bonchev–Trinajstić information content (AvgIpc) is 2.71. The molecular weight excluding hydrogens is 362 g/mol. The minimum atomic E-state index is -0.131. The number of unbranched alkanes of at least 4 members (excludes halogenated alkanes) is 2. The van der Waals surface area contributed by atoms with E-state index in [9.17, 15) is 4.79 Å². The van der Waals surface area contributed by atoms with Crippen molar-refractivity contribution in [3.63, 3.8) is 0 Å². The zero-order valence-corrected chi connectivity index (χ0v) is 17.3. The highest BCUT2D eigenvalue weighted by atomic mass is 32.1. The quantitative estimate of drug-likeness (QED) is 0.370. The van der Waals surface area contributed by atoms with Gasteiger partial charge in [-0.2, -0.15) is 0 Å². The molecule has 0 aliphatic carbocycles. The Morgan fingerprint density at radius 2 is 1.85 bits per heavy atom. The van der Waals surface area contributed by atoms with Crippen molar-refractivity contribution in [2.24, 2.45) is 0 Å². The molecule has 6 nitrogen and oxygen atoms in total. The monoisotopic (exact) mass is 394 g/mol. The molecule has 0 atom stereocenters. The van der Waals surface area contributed by atoms with Gasteiger partial charge in [0.2, 0.25) is 0 Å². The molecule has 0 unspecified atom stereocenters. The first-order valence-corrected chi connectivity index (χ1v) is 10.1. The molecule has 2 rings (SSSR count). The summed E-state index contributed by atoms with van der Waals surface area (Å²) in [5, 5.41) is 4.20. The van der Waals surface area contributed by atoms with E-state index in [1.54, 1.807) is 12.0 Å². The topological polar surface area (TPSA) is 55.2 Å². The smallest absolute Gasteiger partial charge is 0.305 e. The molecule has 1 aromatic rings. The van der Waals surface area contributed by atoms with Crippen molar-refractivity contribution in [3.8, 4) is 5.75 Å². The molecule has 1 saturated heterocycles. The molecule has 1 fully saturated rings. The summed E-state index contributed by atoms with van der Waals surface area (Å²) >= 11 is 5.53. The molecule has 7 heteroatoms. The maximum absolute atomic E-state index is 11.1. The van der Waals surface area contributed by atoms with Gasteiger partial charge in [0.05, 0.1) is 40.4 Å². The van der Waals surface area contributed by atoms with Gasteiger partial charge in [-0.25, -0.2) is 0 Å². The highest BCUT2D eigenvalue weighted by molar-refractivity contribution is 7.80.